The smallest absolute Gasteiger partial charge is 0.329 e. The Morgan fingerprint density at radius 3 is 2.50 bits per heavy atom. The number of amides is 4. The third-order valence-corrected chi connectivity index (χ3v) is 6.26. The van der Waals surface area contributed by atoms with E-state index in [0.717, 1.165) is 37.9 Å². The molecular formula is C20H29N5O3. The summed E-state index contributed by atoms with van der Waals surface area (Å²) in [5, 5.41) is 0. The number of aromatic nitrogens is 1. The highest BCUT2D eigenvalue weighted by molar-refractivity contribution is 5.82. The van der Waals surface area contributed by atoms with Gasteiger partial charge in [0.05, 0.1) is 12.5 Å². The van der Waals surface area contributed by atoms with Crippen LogP contribution in [0.25, 0.3) is 0 Å². The Morgan fingerprint density at radius 1 is 1.07 bits per heavy atom. The maximum atomic E-state index is 13.0. The van der Waals surface area contributed by atoms with Gasteiger partial charge in [-0.15, -0.1) is 0 Å². The third kappa shape index (κ3) is 3.36. The molecule has 0 spiro atoms. The Morgan fingerprint density at radius 2 is 1.82 bits per heavy atom. The Bertz CT molecular complexity index is 766. The number of fused-ring (bicyclic) bond motifs is 1. The van der Waals surface area contributed by atoms with Crippen LogP contribution in [0, 0.1) is 5.92 Å². The van der Waals surface area contributed by atoms with E-state index in [0.29, 0.717) is 26.2 Å². The highest BCUT2D eigenvalue weighted by Crippen LogP contribution is 2.27. The number of carbonyl (C=O) groups excluding carboxylic acids is 3. The van der Waals surface area contributed by atoms with Gasteiger partial charge in [-0.25, -0.2) is 9.59 Å². The Hall–Kier alpha value is -2.51. The molecule has 0 bridgehead atoms. The van der Waals surface area contributed by atoms with Crippen molar-refractivity contribution in [3.05, 3.63) is 24.0 Å². The van der Waals surface area contributed by atoms with Crippen LogP contribution in [-0.4, -0.2) is 88.5 Å². The first kappa shape index (κ1) is 18.8. The van der Waals surface area contributed by atoms with E-state index in [-0.39, 0.29) is 29.9 Å². The van der Waals surface area contributed by atoms with Crippen LogP contribution < -0.4 is 0 Å². The van der Waals surface area contributed by atoms with Gasteiger partial charge in [0, 0.05) is 58.2 Å². The minimum atomic E-state index is -0.108. The zero-order chi connectivity index (χ0) is 19.8. The van der Waals surface area contributed by atoms with E-state index in [1.165, 1.54) is 0 Å². The molecule has 8 heteroatoms. The highest BCUT2D eigenvalue weighted by Gasteiger charge is 2.37. The average molecular weight is 387 g/mol. The predicted molar refractivity (Wildman–Crippen MR) is 104 cm³/mol. The number of hydrogen-bond donors (Lipinski definition) is 0. The van der Waals surface area contributed by atoms with E-state index in [4.69, 9.17) is 0 Å². The molecule has 0 N–H and O–H groups in total. The summed E-state index contributed by atoms with van der Waals surface area (Å²) in [4.78, 5) is 45.0. The van der Waals surface area contributed by atoms with Gasteiger partial charge in [0.15, 0.2) is 0 Å². The van der Waals surface area contributed by atoms with Crippen molar-refractivity contribution in [3.63, 3.8) is 0 Å². The predicted octanol–water partition coefficient (Wildman–Crippen LogP) is 1.66. The van der Waals surface area contributed by atoms with E-state index in [1.807, 2.05) is 28.1 Å². The topological polar surface area (TPSA) is 69.1 Å². The first-order valence-corrected chi connectivity index (χ1v) is 10.2. The summed E-state index contributed by atoms with van der Waals surface area (Å²) >= 11 is 0. The number of carbonyl (C=O) groups is 3. The average Bonchev–Trinajstić information content (AvgIpc) is 3.30. The fourth-order valence-electron chi connectivity index (χ4n) is 4.69. The molecule has 3 aliphatic heterocycles. The molecule has 1 atom stereocenters. The van der Waals surface area contributed by atoms with Gasteiger partial charge in [-0.3, -0.25) is 9.36 Å². The Labute approximate surface area is 165 Å². The fourth-order valence-corrected chi connectivity index (χ4v) is 4.69. The Balaban J connectivity index is 1.31. The first-order chi connectivity index (χ1) is 13.5. The quantitative estimate of drug-likeness (QED) is 0.775. The highest BCUT2D eigenvalue weighted by atomic mass is 16.2. The summed E-state index contributed by atoms with van der Waals surface area (Å²) in [6, 6.07) is 4.11. The van der Waals surface area contributed by atoms with E-state index >= 15 is 0 Å². The van der Waals surface area contributed by atoms with E-state index in [1.54, 1.807) is 28.5 Å². The molecule has 4 amide bonds. The van der Waals surface area contributed by atoms with Gasteiger partial charge in [0.1, 0.15) is 0 Å². The molecule has 152 valence electrons. The van der Waals surface area contributed by atoms with Crippen molar-refractivity contribution in [2.24, 2.45) is 5.92 Å². The minimum Gasteiger partial charge on any atom is -0.342 e. The molecule has 8 nitrogen and oxygen atoms in total. The Kier molecular flexibility index (Phi) is 5.03. The molecule has 0 aromatic carbocycles. The van der Waals surface area contributed by atoms with Crippen molar-refractivity contribution < 1.29 is 14.4 Å². The maximum Gasteiger partial charge on any atom is 0.329 e. The van der Waals surface area contributed by atoms with Gasteiger partial charge in [0.25, 0.3) is 0 Å². The second kappa shape index (κ2) is 7.48. The minimum absolute atomic E-state index is 0.0207. The normalized spacial score (nSPS) is 23.1. The summed E-state index contributed by atoms with van der Waals surface area (Å²) in [6.45, 7) is 3.26. The van der Waals surface area contributed by atoms with Gasteiger partial charge in [-0.05, 0) is 37.8 Å². The number of piperidine rings is 2. The number of hydrogen-bond acceptors (Lipinski definition) is 3. The van der Waals surface area contributed by atoms with Crippen LogP contribution in [0.5, 0.6) is 0 Å². The van der Waals surface area contributed by atoms with Crippen molar-refractivity contribution in [2.75, 3.05) is 40.3 Å². The van der Waals surface area contributed by atoms with E-state index in [2.05, 4.69) is 0 Å². The van der Waals surface area contributed by atoms with Gasteiger partial charge in [0.2, 0.25) is 5.91 Å². The number of rotatable bonds is 2. The van der Waals surface area contributed by atoms with Crippen LogP contribution in [0.15, 0.2) is 18.3 Å². The van der Waals surface area contributed by atoms with Crippen LogP contribution in [0.2, 0.25) is 0 Å². The maximum absolute atomic E-state index is 13.0. The van der Waals surface area contributed by atoms with Crippen molar-refractivity contribution >= 4 is 18.0 Å². The van der Waals surface area contributed by atoms with Crippen LogP contribution in [-0.2, 0) is 11.3 Å². The van der Waals surface area contributed by atoms with E-state index in [9.17, 15) is 14.4 Å². The van der Waals surface area contributed by atoms with Crippen molar-refractivity contribution in [3.8, 4) is 0 Å². The van der Waals surface area contributed by atoms with Crippen LogP contribution in [0.1, 0.15) is 31.4 Å². The van der Waals surface area contributed by atoms with Gasteiger partial charge < -0.3 is 19.6 Å². The number of urea groups is 1. The van der Waals surface area contributed by atoms with Gasteiger partial charge >= 0.3 is 12.1 Å². The first-order valence-electron chi connectivity index (χ1n) is 10.2. The van der Waals surface area contributed by atoms with Gasteiger partial charge in [-0.1, -0.05) is 0 Å². The molecule has 3 aliphatic rings. The monoisotopic (exact) mass is 387 g/mol. The van der Waals surface area contributed by atoms with Crippen molar-refractivity contribution in [2.45, 2.75) is 38.3 Å². The van der Waals surface area contributed by atoms with Crippen LogP contribution in [0.3, 0.4) is 0 Å². The molecule has 0 saturated carbocycles. The second-order valence-electron chi connectivity index (χ2n) is 8.30. The largest absolute Gasteiger partial charge is 0.342 e. The zero-order valence-electron chi connectivity index (χ0n) is 16.7. The molecule has 0 aliphatic carbocycles. The standard InChI is InChI=1S/C20H29N5O3/c1-21(2)19(27)23-9-3-5-15(13-23)18(26)22-11-7-16(8-12-22)25-14-17-6-4-10-24(17)20(25)28/h4,6,10,15-16H,3,5,7-9,11-14H2,1-2H3. The SMILES string of the molecule is CN(C)C(=O)N1CCCC(C(=O)N2CCC(N3Cc4cccn4C3=O)CC2)C1. The lowest BCUT2D eigenvalue weighted by molar-refractivity contribution is -0.138. The molecular weight excluding hydrogens is 358 g/mol. The summed E-state index contributed by atoms with van der Waals surface area (Å²) in [6.07, 6.45) is 5.16. The van der Waals surface area contributed by atoms with Crippen LogP contribution in [0.4, 0.5) is 9.59 Å². The number of nitrogens with zero attached hydrogens (tertiary/aromatic N) is 5. The molecule has 1 aromatic rings. The molecule has 28 heavy (non-hydrogen) atoms. The molecule has 2 fully saturated rings. The summed E-state index contributed by atoms with van der Waals surface area (Å²) < 4.78 is 1.72. The molecule has 0 radical (unpaired) electrons. The van der Waals surface area contributed by atoms with Crippen LogP contribution >= 0.6 is 0 Å². The molecule has 1 aromatic heterocycles. The fraction of sp³-hybridized carbons (Fsp3) is 0.650. The zero-order valence-corrected chi connectivity index (χ0v) is 16.7. The lowest BCUT2D eigenvalue weighted by Crippen LogP contribution is -2.52. The molecule has 4 heterocycles. The van der Waals surface area contributed by atoms with Crippen molar-refractivity contribution in [1.82, 2.24) is 24.2 Å². The van der Waals surface area contributed by atoms with E-state index < -0.39 is 0 Å². The summed E-state index contributed by atoms with van der Waals surface area (Å²) in [5.74, 6) is 0.0529. The molecule has 1 unspecified atom stereocenters. The number of likely N-dealkylation sites (tertiary alicyclic amines) is 2. The molecule has 2 saturated heterocycles. The summed E-state index contributed by atoms with van der Waals surface area (Å²) in [7, 11) is 3.49. The lowest BCUT2D eigenvalue weighted by atomic mass is 9.94. The van der Waals surface area contributed by atoms with Gasteiger partial charge in [-0.2, -0.15) is 0 Å². The second-order valence-corrected chi connectivity index (χ2v) is 8.30. The van der Waals surface area contributed by atoms with Crippen molar-refractivity contribution in [1.29, 1.82) is 0 Å². The third-order valence-electron chi connectivity index (χ3n) is 6.26. The summed E-state index contributed by atoms with van der Waals surface area (Å²) in [5.41, 5.74) is 1.04. The molecule has 4 rings (SSSR count). The lowest BCUT2D eigenvalue weighted by Gasteiger charge is -2.40.